The first-order valence-electron chi connectivity index (χ1n) is 23.4. The fraction of sp³-hybridized carbons (Fsp3) is 0.250. The third-order valence-corrected chi connectivity index (χ3v) is 12.4. The second-order valence-corrected chi connectivity index (χ2v) is 17.4. The number of aliphatic hydroxyl groups is 1. The number of piperidine rings is 1. The number of aromatic hydroxyl groups is 1. The van der Waals surface area contributed by atoms with Crippen LogP contribution in [-0.4, -0.2) is 77.2 Å². The highest BCUT2D eigenvalue weighted by atomic mass is 16.5. The number of esters is 1. The highest BCUT2D eigenvalue weighted by Gasteiger charge is 2.27. The predicted octanol–water partition coefficient (Wildman–Crippen LogP) is 7.38. The van der Waals surface area contributed by atoms with Gasteiger partial charge in [-0.1, -0.05) is 103 Å². The lowest BCUT2D eigenvalue weighted by Crippen LogP contribution is -2.35. The minimum atomic E-state index is -0.893. The van der Waals surface area contributed by atoms with E-state index in [0.717, 1.165) is 54.7 Å². The van der Waals surface area contributed by atoms with E-state index >= 15 is 0 Å². The average Bonchev–Trinajstić information content (AvgIpc) is 3.38. The Balaban J connectivity index is 0.750. The van der Waals surface area contributed by atoms with E-state index in [1.165, 1.54) is 17.7 Å². The van der Waals surface area contributed by atoms with Crippen LogP contribution in [0.5, 0.6) is 11.5 Å². The van der Waals surface area contributed by atoms with Crippen LogP contribution in [-0.2, 0) is 29.2 Å². The van der Waals surface area contributed by atoms with Gasteiger partial charge in [-0.2, -0.15) is 0 Å². The van der Waals surface area contributed by atoms with Crippen molar-refractivity contribution in [2.24, 2.45) is 5.92 Å². The van der Waals surface area contributed by atoms with E-state index < -0.39 is 12.0 Å². The number of amides is 2. The highest BCUT2D eigenvalue weighted by Crippen LogP contribution is 2.31. The van der Waals surface area contributed by atoms with Gasteiger partial charge in [0.25, 0.3) is 11.8 Å². The van der Waals surface area contributed by atoms with Crippen LogP contribution in [0.3, 0.4) is 0 Å². The van der Waals surface area contributed by atoms with Crippen LogP contribution in [0.25, 0.3) is 10.9 Å². The number of phenols is 1. The number of nitrogens with zero attached hydrogens (tertiary/aromatic N) is 1. The zero-order valence-electron chi connectivity index (χ0n) is 38.3. The molecule has 6 aromatic carbocycles. The Labute approximate surface area is 401 Å². The molecule has 0 saturated carbocycles. The lowest BCUT2D eigenvalue weighted by molar-refractivity contribution is -0.146. The van der Waals surface area contributed by atoms with Crippen molar-refractivity contribution in [1.29, 1.82) is 0 Å². The van der Waals surface area contributed by atoms with Crippen LogP contribution in [0.1, 0.15) is 79.0 Å². The third kappa shape index (κ3) is 13.1. The number of H-pyrrole nitrogens is 1. The number of aromatic amines is 1. The van der Waals surface area contributed by atoms with Gasteiger partial charge in [-0.05, 0) is 114 Å². The van der Waals surface area contributed by atoms with Gasteiger partial charge in [0.05, 0.1) is 18.2 Å². The molecule has 1 aliphatic heterocycles. The van der Waals surface area contributed by atoms with Gasteiger partial charge in [-0.25, -0.2) is 0 Å². The maximum atomic E-state index is 13.8. The van der Waals surface area contributed by atoms with Crippen molar-refractivity contribution in [2.45, 2.75) is 44.6 Å². The van der Waals surface area contributed by atoms with Crippen LogP contribution in [0.2, 0.25) is 0 Å². The van der Waals surface area contributed by atoms with Crippen molar-refractivity contribution >= 4 is 28.7 Å². The Hall–Kier alpha value is -7.58. The maximum Gasteiger partial charge on any atom is 0.317 e. The molecule has 6 N–H and O–H groups in total. The minimum Gasteiger partial charge on any atom is -0.506 e. The molecule has 7 aromatic rings. The van der Waals surface area contributed by atoms with Crippen LogP contribution in [0, 0.1) is 5.92 Å². The molecule has 1 fully saturated rings. The highest BCUT2D eigenvalue weighted by molar-refractivity contribution is 5.95. The molecule has 69 heavy (non-hydrogen) atoms. The fourth-order valence-electron chi connectivity index (χ4n) is 8.59. The van der Waals surface area contributed by atoms with E-state index in [2.05, 4.69) is 50.1 Å². The molecule has 0 spiro atoms. The topological polar surface area (TPSA) is 182 Å². The molecule has 354 valence electrons. The third-order valence-electron chi connectivity index (χ3n) is 12.4. The summed E-state index contributed by atoms with van der Waals surface area (Å²) in [6.45, 7) is 4.64. The largest absolute Gasteiger partial charge is 0.506 e. The summed E-state index contributed by atoms with van der Waals surface area (Å²) < 4.78 is 12.2. The van der Waals surface area contributed by atoms with E-state index in [1.807, 2.05) is 84.9 Å². The van der Waals surface area contributed by atoms with Gasteiger partial charge in [0.1, 0.15) is 24.0 Å². The summed E-state index contributed by atoms with van der Waals surface area (Å²) in [4.78, 5) is 56.3. The summed E-state index contributed by atoms with van der Waals surface area (Å²) in [5.74, 6) is -0.576. The molecule has 1 unspecified atom stereocenters. The van der Waals surface area contributed by atoms with E-state index in [1.54, 1.807) is 36.4 Å². The standard InChI is InChI=1S/C56H57N5O8/c62-49-24-22-47(48-23-25-51(64)60-53(48)49)50(63)34-57-33-38-14-18-43(19-15-38)54(65)58-28-29-59-55(66)44-20-16-40(17-21-44)36-68-46-13-7-12-45(32-46)52(42-10-5-2-6-11-42)56(67)69-37-41-26-30-61(31-27-41)35-39-8-3-1-4-9-39/h1-25,32,41,50,52,57,62-63H,26-31,33-37H2,(H,58,65)(H,59,66)(H,60,64)/t50-,52?/m0/s1. The van der Waals surface area contributed by atoms with Gasteiger partial charge in [0.2, 0.25) is 5.56 Å². The molecule has 0 radical (unpaired) electrons. The van der Waals surface area contributed by atoms with Gasteiger partial charge in [0, 0.05) is 55.3 Å². The van der Waals surface area contributed by atoms with Crippen molar-refractivity contribution < 1.29 is 34.1 Å². The number of carbonyl (C=O) groups is 3. The Bertz CT molecular complexity index is 2870. The molecule has 0 aliphatic carbocycles. The summed E-state index contributed by atoms with van der Waals surface area (Å²) in [5.41, 5.74) is 6.14. The lowest BCUT2D eigenvalue weighted by atomic mass is 9.91. The molecular weight excluding hydrogens is 871 g/mol. The SMILES string of the molecule is O=C(NCCNC(=O)c1ccc(COc2cccc(C(C(=O)OCC3CCN(Cc4ccccc4)CC3)c3ccccc3)c2)cc1)c1ccc(CNC[C@H](O)c2ccc(O)c3[nH]c(=O)ccc23)cc1. The summed E-state index contributed by atoms with van der Waals surface area (Å²) in [7, 11) is 0. The van der Waals surface area contributed by atoms with Gasteiger partial charge >= 0.3 is 5.97 Å². The van der Waals surface area contributed by atoms with Crippen LogP contribution in [0.15, 0.2) is 163 Å². The zero-order chi connectivity index (χ0) is 48.0. The molecule has 2 heterocycles. The number of fused-ring (bicyclic) bond motifs is 1. The van der Waals surface area contributed by atoms with E-state index in [9.17, 15) is 29.4 Å². The van der Waals surface area contributed by atoms with Crippen molar-refractivity contribution in [1.82, 2.24) is 25.8 Å². The van der Waals surface area contributed by atoms with Crippen molar-refractivity contribution in [3.8, 4) is 11.5 Å². The number of phenolic OH excluding ortho intramolecular Hbond substituents is 1. The van der Waals surface area contributed by atoms with Crippen LogP contribution >= 0.6 is 0 Å². The normalized spacial score (nSPS) is 13.9. The number of aromatic nitrogens is 1. The lowest BCUT2D eigenvalue weighted by Gasteiger charge is -2.32. The van der Waals surface area contributed by atoms with E-state index in [0.29, 0.717) is 46.9 Å². The van der Waals surface area contributed by atoms with Gasteiger partial charge < -0.3 is 40.6 Å². The molecule has 1 aliphatic rings. The number of hydrogen-bond acceptors (Lipinski definition) is 10. The van der Waals surface area contributed by atoms with Gasteiger partial charge in [0.15, 0.2) is 0 Å². The van der Waals surface area contributed by atoms with Crippen LogP contribution < -0.4 is 26.2 Å². The summed E-state index contributed by atoms with van der Waals surface area (Å²) in [5, 5.41) is 30.4. The van der Waals surface area contributed by atoms with E-state index in [4.69, 9.17) is 9.47 Å². The number of carbonyl (C=O) groups excluding carboxylic acids is 3. The monoisotopic (exact) mass is 927 g/mol. The van der Waals surface area contributed by atoms with Crippen molar-refractivity contribution in [3.05, 3.63) is 213 Å². The summed E-state index contributed by atoms with van der Waals surface area (Å²) in [6.07, 6.45) is 1.07. The Morgan fingerprint density at radius 2 is 1.33 bits per heavy atom. The second kappa shape index (κ2) is 23.4. The summed E-state index contributed by atoms with van der Waals surface area (Å²) >= 11 is 0. The summed E-state index contributed by atoms with van der Waals surface area (Å²) in [6, 6.07) is 47.9. The van der Waals surface area contributed by atoms with E-state index in [-0.39, 0.29) is 60.9 Å². The van der Waals surface area contributed by atoms with Crippen LogP contribution in [0.4, 0.5) is 0 Å². The second-order valence-electron chi connectivity index (χ2n) is 17.4. The first-order valence-corrected chi connectivity index (χ1v) is 23.4. The zero-order valence-corrected chi connectivity index (χ0v) is 38.3. The van der Waals surface area contributed by atoms with Gasteiger partial charge in [-0.3, -0.25) is 24.1 Å². The average molecular weight is 928 g/mol. The van der Waals surface area contributed by atoms with Crippen molar-refractivity contribution in [3.63, 3.8) is 0 Å². The number of likely N-dealkylation sites (tertiary alicyclic amines) is 1. The molecule has 13 heteroatoms. The molecule has 0 bridgehead atoms. The maximum absolute atomic E-state index is 13.8. The number of nitrogens with one attached hydrogen (secondary N) is 4. The first-order chi connectivity index (χ1) is 33.7. The molecule has 1 saturated heterocycles. The number of ether oxygens (including phenoxy) is 2. The Morgan fingerprint density at radius 3 is 2.01 bits per heavy atom. The smallest absolute Gasteiger partial charge is 0.317 e. The van der Waals surface area contributed by atoms with Crippen molar-refractivity contribution in [2.75, 3.05) is 39.3 Å². The molecule has 13 nitrogen and oxygen atoms in total. The number of rotatable bonds is 20. The minimum absolute atomic E-state index is 0.0712. The number of hydrogen-bond donors (Lipinski definition) is 6. The number of benzene rings is 6. The number of pyridine rings is 1. The Morgan fingerprint density at radius 1 is 0.696 bits per heavy atom. The molecule has 2 atom stereocenters. The Kier molecular flexibility index (Phi) is 16.3. The van der Waals surface area contributed by atoms with Gasteiger partial charge in [-0.15, -0.1) is 0 Å². The quantitative estimate of drug-likeness (QED) is 0.0333. The molecule has 2 amide bonds. The fourth-order valence-corrected chi connectivity index (χ4v) is 8.59. The number of aliphatic hydroxyl groups excluding tert-OH is 1. The molecular formula is C56H57N5O8. The predicted molar refractivity (Wildman–Crippen MR) is 265 cm³/mol. The molecule has 1 aromatic heterocycles. The first kappa shape index (κ1) is 47.9. The molecule has 8 rings (SSSR count).